The highest BCUT2D eigenvalue weighted by Crippen LogP contribution is 2.45. The molecule has 0 bridgehead atoms. The number of carbonyl (C=O) groups is 1. The highest BCUT2D eigenvalue weighted by atomic mass is 19.4. The van der Waals surface area contributed by atoms with Crippen molar-refractivity contribution >= 4 is 11.8 Å². The van der Waals surface area contributed by atoms with Gasteiger partial charge >= 0.3 is 12.3 Å². The minimum Gasteiger partial charge on any atom is -0.496 e. The Morgan fingerprint density at radius 3 is 2.39 bits per heavy atom. The third-order valence-corrected chi connectivity index (χ3v) is 5.18. The number of ether oxygens (including phenoxy) is 2. The Morgan fingerprint density at radius 2 is 1.81 bits per heavy atom. The summed E-state index contributed by atoms with van der Waals surface area (Å²) in [7, 11) is 1.32. The first-order valence-corrected chi connectivity index (χ1v) is 11.0. The van der Waals surface area contributed by atoms with Crippen molar-refractivity contribution in [1.82, 2.24) is 4.98 Å². The number of anilines is 1. The molecule has 1 unspecified atom stereocenters. The van der Waals surface area contributed by atoms with Gasteiger partial charge in [0.05, 0.1) is 12.8 Å². The number of halogens is 4. The third kappa shape index (κ3) is 7.59. The fourth-order valence-electron chi connectivity index (χ4n) is 3.59. The summed E-state index contributed by atoms with van der Waals surface area (Å²) in [6, 6.07) is 6.52. The molecule has 10 heteroatoms. The van der Waals surface area contributed by atoms with Crippen LogP contribution in [0.15, 0.2) is 36.5 Å². The van der Waals surface area contributed by atoms with Crippen molar-refractivity contribution in [1.29, 1.82) is 0 Å². The summed E-state index contributed by atoms with van der Waals surface area (Å²) >= 11 is 0. The fraction of sp³-hybridized carbons (Fsp3) is 0.462. The summed E-state index contributed by atoms with van der Waals surface area (Å²) in [4.78, 5) is 16.1. The van der Waals surface area contributed by atoms with Gasteiger partial charge < -0.3 is 14.6 Å². The number of amides is 1. The Hall–Kier alpha value is -3.32. The zero-order valence-electron chi connectivity index (χ0n) is 21.0. The zero-order valence-corrected chi connectivity index (χ0v) is 21.0. The highest BCUT2D eigenvalue weighted by Gasteiger charge is 2.55. The summed E-state index contributed by atoms with van der Waals surface area (Å²) in [5, 5.41) is 13.2. The maximum Gasteiger partial charge on any atom is 0.418 e. The first-order chi connectivity index (χ1) is 16.5. The summed E-state index contributed by atoms with van der Waals surface area (Å²) in [6.07, 6.45) is -6.26. The van der Waals surface area contributed by atoms with Gasteiger partial charge in [-0.3, -0.25) is 5.32 Å². The van der Waals surface area contributed by atoms with E-state index in [1.165, 1.54) is 45.4 Å². The Morgan fingerprint density at radius 1 is 1.14 bits per heavy atom. The number of nitrogens with one attached hydrogen (secondary N) is 1. The van der Waals surface area contributed by atoms with Gasteiger partial charge in [-0.2, -0.15) is 13.2 Å². The molecular formula is C26H30F4N2O4. The Bertz CT molecular complexity index is 1150. The zero-order chi connectivity index (χ0) is 27.4. The van der Waals surface area contributed by atoms with Crippen LogP contribution in [-0.4, -0.2) is 40.7 Å². The lowest BCUT2D eigenvalue weighted by Gasteiger charge is -2.37. The standard InChI is InChI=1S/C26H30F4N2O4/c1-23(2,3)36-22(33)32-20-10-8-14-31-19(20)9-7-13-25(34,26(28,29)30)16-24(4,5)18-15-17(27)11-12-21(18)35-6/h8,10-12,14-15,34H,13,16H2,1-6H3,(H,32,33). The van der Waals surface area contributed by atoms with Crippen molar-refractivity contribution < 1.29 is 36.9 Å². The average Bonchev–Trinajstić information content (AvgIpc) is 2.72. The minimum atomic E-state index is -5.04. The molecule has 0 spiro atoms. The Balaban J connectivity index is 2.34. The van der Waals surface area contributed by atoms with Crippen LogP contribution in [0.4, 0.5) is 28.0 Å². The van der Waals surface area contributed by atoms with Crippen LogP contribution < -0.4 is 10.1 Å². The molecule has 1 heterocycles. The number of hydrogen-bond donors (Lipinski definition) is 2. The van der Waals surface area contributed by atoms with Gasteiger partial charge in [-0.25, -0.2) is 14.2 Å². The molecule has 0 aliphatic heterocycles. The van der Waals surface area contributed by atoms with Gasteiger partial charge in [0, 0.05) is 18.2 Å². The summed E-state index contributed by atoms with van der Waals surface area (Å²) in [5.74, 6) is 4.39. The minimum absolute atomic E-state index is 0.000978. The highest BCUT2D eigenvalue weighted by molar-refractivity contribution is 5.86. The number of aliphatic hydroxyl groups is 1. The predicted molar refractivity (Wildman–Crippen MR) is 127 cm³/mol. The van der Waals surface area contributed by atoms with Crippen molar-refractivity contribution in [3.05, 3.63) is 53.6 Å². The third-order valence-electron chi connectivity index (χ3n) is 5.18. The molecule has 36 heavy (non-hydrogen) atoms. The van der Waals surface area contributed by atoms with Gasteiger partial charge in [0.25, 0.3) is 0 Å². The van der Waals surface area contributed by atoms with E-state index in [1.807, 2.05) is 0 Å². The summed E-state index contributed by atoms with van der Waals surface area (Å²) in [6.45, 7) is 7.94. The number of carbonyl (C=O) groups excluding carboxylic acids is 1. The van der Waals surface area contributed by atoms with E-state index < -0.39 is 47.5 Å². The SMILES string of the molecule is COc1ccc(F)cc1C(C)(C)CC(O)(CC#Cc1ncccc1NC(=O)OC(C)(C)C)C(F)(F)F. The molecule has 1 aromatic heterocycles. The van der Waals surface area contributed by atoms with Gasteiger partial charge in [-0.15, -0.1) is 0 Å². The van der Waals surface area contributed by atoms with Crippen molar-refractivity contribution in [3.8, 4) is 17.6 Å². The topological polar surface area (TPSA) is 80.7 Å². The second-order valence-electron chi connectivity index (χ2n) is 9.94. The molecule has 1 amide bonds. The van der Waals surface area contributed by atoms with E-state index >= 15 is 0 Å². The van der Waals surface area contributed by atoms with Gasteiger partial charge in [-0.05, 0) is 68.9 Å². The molecule has 2 aromatic rings. The molecule has 1 atom stereocenters. The van der Waals surface area contributed by atoms with E-state index in [9.17, 15) is 27.5 Å². The summed E-state index contributed by atoms with van der Waals surface area (Å²) < 4.78 is 66.3. The smallest absolute Gasteiger partial charge is 0.418 e. The van der Waals surface area contributed by atoms with Gasteiger partial charge in [0.15, 0.2) is 5.60 Å². The van der Waals surface area contributed by atoms with Crippen LogP contribution in [0.25, 0.3) is 0 Å². The molecule has 6 nitrogen and oxygen atoms in total. The largest absolute Gasteiger partial charge is 0.496 e. The predicted octanol–water partition coefficient (Wildman–Crippen LogP) is 5.98. The number of pyridine rings is 1. The number of methoxy groups -OCH3 is 1. The average molecular weight is 511 g/mol. The molecule has 0 saturated heterocycles. The van der Waals surface area contributed by atoms with E-state index in [0.717, 1.165) is 12.1 Å². The first-order valence-electron chi connectivity index (χ1n) is 11.0. The number of alkyl halides is 3. The van der Waals surface area contributed by atoms with Crippen LogP contribution in [0, 0.1) is 17.7 Å². The van der Waals surface area contributed by atoms with E-state index in [4.69, 9.17) is 9.47 Å². The lowest BCUT2D eigenvalue weighted by Crippen LogP contribution is -2.49. The van der Waals surface area contributed by atoms with Crippen LogP contribution in [0.5, 0.6) is 5.75 Å². The van der Waals surface area contributed by atoms with Crippen LogP contribution in [0.3, 0.4) is 0 Å². The number of aromatic nitrogens is 1. The number of rotatable bonds is 6. The van der Waals surface area contributed by atoms with Gasteiger partial charge in [0.2, 0.25) is 0 Å². The molecule has 0 aliphatic carbocycles. The Labute approximate surface area is 208 Å². The van der Waals surface area contributed by atoms with Crippen molar-refractivity contribution in [3.63, 3.8) is 0 Å². The molecule has 0 fully saturated rings. The molecule has 0 saturated carbocycles. The van der Waals surface area contributed by atoms with E-state index in [0.29, 0.717) is 0 Å². The van der Waals surface area contributed by atoms with E-state index in [1.54, 1.807) is 20.8 Å². The van der Waals surface area contributed by atoms with Crippen LogP contribution >= 0.6 is 0 Å². The fourth-order valence-corrected chi connectivity index (χ4v) is 3.59. The van der Waals surface area contributed by atoms with E-state index in [-0.39, 0.29) is 22.7 Å². The molecule has 0 aliphatic rings. The molecule has 196 valence electrons. The molecular weight excluding hydrogens is 480 g/mol. The number of nitrogens with zero attached hydrogens (tertiary/aromatic N) is 1. The lowest BCUT2D eigenvalue weighted by atomic mass is 9.73. The second kappa shape index (κ2) is 10.7. The normalized spacial score (nSPS) is 13.8. The number of benzene rings is 1. The van der Waals surface area contributed by atoms with Crippen molar-refractivity contribution in [2.45, 2.75) is 70.3 Å². The monoisotopic (exact) mass is 510 g/mol. The van der Waals surface area contributed by atoms with Crippen molar-refractivity contribution in [2.75, 3.05) is 12.4 Å². The van der Waals surface area contributed by atoms with Crippen LogP contribution in [0.2, 0.25) is 0 Å². The van der Waals surface area contributed by atoms with E-state index in [2.05, 4.69) is 22.1 Å². The summed E-state index contributed by atoms with van der Waals surface area (Å²) in [5.41, 5.74) is -5.02. The van der Waals surface area contributed by atoms with Crippen LogP contribution in [-0.2, 0) is 10.2 Å². The Kier molecular flexibility index (Phi) is 8.63. The molecule has 2 N–H and O–H groups in total. The molecule has 0 radical (unpaired) electrons. The van der Waals surface area contributed by atoms with Crippen LogP contribution in [0.1, 0.15) is 58.7 Å². The first kappa shape index (κ1) is 28.9. The van der Waals surface area contributed by atoms with Crippen molar-refractivity contribution in [2.24, 2.45) is 0 Å². The second-order valence-corrected chi connectivity index (χ2v) is 9.94. The molecule has 2 rings (SSSR count). The van der Waals surface area contributed by atoms with Gasteiger partial charge in [0.1, 0.15) is 22.9 Å². The van der Waals surface area contributed by atoms with Gasteiger partial charge in [-0.1, -0.05) is 19.8 Å². The number of hydrogen-bond acceptors (Lipinski definition) is 5. The molecule has 1 aromatic carbocycles. The maximum atomic E-state index is 14.0. The lowest BCUT2D eigenvalue weighted by molar-refractivity contribution is -0.264. The quantitative estimate of drug-likeness (QED) is 0.369. The maximum absolute atomic E-state index is 14.0.